The molecule has 0 aromatic heterocycles. The van der Waals surface area contributed by atoms with E-state index in [0.29, 0.717) is 5.92 Å². The summed E-state index contributed by atoms with van der Waals surface area (Å²) in [6.07, 6.45) is 0. The topological polar surface area (TPSA) is 46.6 Å². The molecule has 5 heteroatoms. The molecule has 0 fully saturated rings. The fraction of sp³-hybridized carbons (Fsp3) is 0.455. The van der Waals surface area contributed by atoms with E-state index in [9.17, 15) is 8.42 Å². The number of sulfonamides is 1. The van der Waals surface area contributed by atoms with Crippen molar-refractivity contribution in [2.75, 3.05) is 14.2 Å². The zero-order valence-electron chi connectivity index (χ0n) is 9.97. The molecule has 0 heterocycles. The molecule has 0 saturated heterocycles. The molecule has 1 aromatic rings. The molecule has 0 spiro atoms. The second-order valence-corrected chi connectivity index (χ2v) is 5.76. The van der Waals surface area contributed by atoms with Gasteiger partial charge in [-0.15, -0.1) is 0 Å². The van der Waals surface area contributed by atoms with Gasteiger partial charge >= 0.3 is 0 Å². The Morgan fingerprint density at radius 2 is 1.69 bits per heavy atom. The molecule has 0 aliphatic rings. The Kier molecular flexibility index (Phi) is 4.07. The molecule has 0 aliphatic heterocycles. The third-order valence-electron chi connectivity index (χ3n) is 2.44. The standard InChI is InChI=1S/C11H17NO3S/c1-9(2)10-5-7-11(8-6-10)16(13,14)12(3)15-4/h5-9H,1-4H3. The van der Waals surface area contributed by atoms with Crippen LogP contribution in [0.5, 0.6) is 0 Å². The maximum Gasteiger partial charge on any atom is 0.264 e. The summed E-state index contributed by atoms with van der Waals surface area (Å²) in [5.74, 6) is 0.386. The van der Waals surface area contributed by atoms with Crippen LogP contribution in [0.2, 0.25) is 0 Å². The van der Waals surface area contributed by atoms with Crippen LogP contribution in [-0.4, -0.2) is 27.0 Å². The van der Waals surface area contributed by atoms with E-state index >= 15 is 0 Å². The SMILES string of the molecule is CON(C)S(=O)(=O)c1ccc(C(C)C)cc1. The second-order valence-electron chi connectivity index (χ2n) is 3.82. The predicted octanol–water partition coefficient (Wildman–Crippen LogP) is 1.99. The van der Waals surface area contributed by atoms with Gasteiger partial charge in [0, 0.05) is 7.05 Å². The molecular formula is C11H17NO3S. The lowest BCUT2D eigenvalue weighted by Gasteiger charge is -2.14. The van der Waals surface area contributed by atoms with Crippen molar-refractivity contribution >= 4 is 10.0 Å². The summed E-state index contributed by atoms with van der Waals surface area (Å²) in [5.41, 5.74) is 1.11. The average molecular weight is 243 g/mol. The fourth-order valence-electron chi connectivity index (χ4n) is 1.27. The quantitative estimate of drug-likeness (QED) is 0.760. The summed E-state index contributed by atoms with van der Waals surface area (Å²) in [7, 11) is -0.834. The fourth-order valence-corrected chi connectivity index (χ4v) is 2.24. The maximum atomic E-state index is 11.8. The largest absolute Gasteiger partial charge is 0.288 e. The van der Waals surface area contributed by atoms with E-state index in [1.54, 1.807) is 12.1 Å². The van der Waals surface area contributed by atoms with E-state index in [2.05, 4.69) is 13.8 Å². The first-order chi connectivity index (χ1) is 7.39. The van der Waals surface area contributed by atoms with E-state index in [-0.39, 0.29) is 4.90 Å². The number of hydrogen-bond acceptors (Lipinski definition) is 3. The third-order valence-corrected chi connectivity index (χ3v) is 4.13. The zero-order chi connectivity index (χ0) is 12.3. The summed E-state index contributed by atoms with van der Waals surface area (Å²) >= 11 is 0. The van der Waals surface area contributed by atoms with Gasteiger partial charge in [0.05, 0.1) is 12.0 Å². The zero-order valence-corrected chi connectivity index (χ0v) is 10.8. The Morgan fingerprint density at radius 3 is 2.06 bits per heavy atom. The van der Waals surface area contributed by atoms with Crippen LogP contribution in [0.25, 0.3) is 0 Å². The Morgan fingerprint density at radius 1 is 1.19 bits per heavy atom. The van der Waals surface area contributed by atoms with Gasteiger partial charge in [0.2, 0.25) is 0 Å². The minimum atomic E-state index is -3.52. The molecule has 0 saturated carbocycles. The monoisotopic (exact) mass is 243 g/mol. The smallest absolute Gasteiger partial charge is 0.264 e. The van der Waals surface area contributed by atoms with Gasteiger partial charge in [-0.2, -0.15) is 0 Å². The summed E-state index contributed by atoms with van der Waals surface area (Å²) < 4.78 is 24.5. The number of rotatable bonds is 4. The Hall–Kier alpha value is -0.910. The van der Waals surface area contributed by atoms with Crippen LogP contribution >= 0.6 is 0 Å². The first kappa shape index (κ1) is 13.2. The normalized spacial score (nSPS) is 12.4. The lowest BCUT2D eigenvalue weighted by Crippen LogP contribution is -2.25. The van der Waals surface area contributed by atoms with Crippen LogP contribution in [0.4, 0.5) is 0 Å². The maximum absolute atomic E-state index is 11.8. The van der Waals surface area contributed by atoms with Gasteiger partial charge in [-0.05, 0) is 23.6 Å². The van der Waals surface area contributed by atoms with Crippen molar-refractivity contribution in [1.82, 2.24) is 4.47 Å². The van der Waals surface area contributed by atoms with Crippen molar-refractivity contribution in [2.45, 2.75) is 24.7 Å². The molecule has 0 atom stereocenters. The molecule has 1 rings (SSSR count). The molecule has 1 aromatic carbocycles. The molecule has 0 amide bonds. The minimum Gasteiger partial charge on any atom is -0.288 e. The molecule has 90 valence electrons. The Bertz CT molecular complexity index is 437. The van der Waals surface area contributed by atoms with Crippen LogP contribution in [-0.2, 0) is 14.9 Å². The van der Waals surface area contributed by atoms with E-state index < -0.39 is 10.0 Å². The molecule has 0 N–H and O–H groups in total. The number of benzene rings is 1. The van der Waals surface area contributed by atoms with Crippen LogP contribution in [0.3, 0.4) is 0 Å². The van der Waals surface area contributed by atoms with Crippen molar-refractivity contribution < 1.29 is 13.3 Å². The highest BCUT2D eigenvalue weighted by atomic mass is 32.2. The van der Waals surface area contributed by atoms with Gasteiger partial charge in [0.1, 0.15) is 0 Å². The van der Waals surface area contributed by atoms with Crippen molar-refractivity contribution in [3.8, 4) is 0 Å². The van der Waals surface area contributed by atoms with E-state index in [1.165, 1.54) is 14.2 Å². The van der Waals surface area contributed by atoms with Crippen LogP contribution < -0.4 is 0 Å². The summed E-state index contributed by atoms with van der Waals surface area (Å²) in [5, 5.41) is 0. The van der Waals surface area contributed by atoms with Gasteiger partial charge in [-0.3, -0.25) is 4.84 Å². The first-order valence-corrected chi connectivity index (χ1v) is 6.46. The first-order valence-electron chi connectivity index (χ1n) is 5.02. The highest BCUT2D eigenvalue weighted by Gasteiger charge is 2.20. The van der Waals surface area contributed by atoms with Gasteiger partial charge in [-0.1, -0.05) is 30.4 Å². The Balaban J connectivity index is 3.07. The summed E-state index contributed by atoms with van der Waals surface area (Å²) in [6.45, 7) is 4.12. The summed E-state index contributed by atoms with van der Waals surface area (Å²) in [6, 6.07) is 6.84. The molecule has 0 bridgehead atoms. The van der Waals surface area contributed by atoms with Gasteiger partial charge in [0.25, 0.3) is 10.0 Å². The Labute approximate surface area is 96.8 Å². The molecular weight excluding hydrogens is 226 g/mol. The number of hydroxylamine groups is 1. The van der Waals surface area contributed by atoms with Crippen molar-refractivity contribution in [1.29, 1.82) is 0 Å². The number of hydrogen-bond donors (Lipinski definition) is 0. The van der Waals surface area contributed by atoms with Crippen LogP contribution in [0.1, 0.15) is 25.3 Å². The van der Waals surface area contributed by atoms with Crippen LogP contribution in [0.15, 0.2) is 29.2 Å². The van der Waals surface area contributed by atoms with Gasteiger partial charge in [0.15, 0.2) is 0 Å². The van der Waals surface area contributed by atoms with E-state index in [4.69, 9.17) is 4.84 Å². The minimum absolute atomic E-state index is 0.237. The molecule has 16 heavy (non-hydrogen) atoms. The van der Waals surface area contributed by atoms with Gasteiger partial charge < -0.3 is 0 Å². The summed E-state index contributed by atoms with van der Waals surface area (Å²) in [4.78, 5) is 4.93. The van der Waals surface area contributed by atoms with Crippen molar-refractivity contribution in [2.24, 2.45) is 0 Å². The lowest BCUT2D eigenvalue weighted by molar-refractivity contribution is -0.0258. The van der Waals surface area contributed by atoms with Crippen LogP contribution in [0, 0.1) is 0 Å². The lowest BCUT2D eigenvalue weighted by atomic mass is 10.0. The highest BCUT2D eigenvalue weighted by Crippen LogP contribution is 2.19. The van der Waals surface area contributed by atoms with Gasteiger partial charge in [-0.25, -0.2) is 8.42 Å². The van der Waals surface area contributed by atoms with Crippen molar-refractivity contribution in [3.05, 3.63) is 29.8 Å². The highest BCUT2D eigenvalue weighted by molar-refractivity contribution is 7.89. The molecule has 0 radical (unpaired) electrons. The molecule has 0 aliphatic carbocycles. The van der Waals surface area contributed by atoms with Crippen molar-refractivity contribution in [3.63, 3.8) is 0 Å². The van der Waals surface area contributed by atoms with E-state index in [1.807, 2.05) is 12.1 Å². The predicted molar refractivity (Wildman–Crippen MR) is 62.5 cm³/mol. The van der Waals surface area contributed by atoms with E-state index in [0.717, 1.165) is 10.0 Å². The second kappa shape index (κ2) is 4.95. The average Bonchev–Trinajstić information content (AvgIpc) is 2.28. The number of nitrogens with zero attached hydrogens (tertiary/aromatic N) is 1. The third kappa shape index (κ3) is 2.61. The molecule has 4 nitrogen and oxygen atoms in total. The molecule has 0 unspecified atom stereocenters.